The lowest BCUT2D eigenvalue weighted by Gasteiger charge is -2.17. The van der Waals surface area contributed by atoms with Gasteiger partial charge in [0.2, 0.25) is 0 Å². The fourth-order valence-corrected chi connectivity index (χ4v) is 1.99. The lowest BCUT2D eigenvalue weighted by atomic mass is 9.87. The van der Waals surface area contributed by atoms with Gasteiger partial charge in [0, 0.05) is 17.8 Å². The van der Waals surface area contributed by atoms with Crippen molar-refractivity contribution in [2.24, 2.45) is 5.92 Å². The van der Waals surface area contributed by atoms with E-state index in [4.69, 9.17) is 5.11 Å². The van der Waals surface area contributed by atoms with Crippen LogP contribution in [-0.2, 0) is 4.79 Å². The molecule has 0 aliphatic rings. The number of carbonyl (C=O) groups is 1. The Morgan fingerprint density at radius 2 is 1.94 bits per heavy atom. The largest absolute Gasteiger partial charge is 0.481 e. The van der Waals surface area contributed by atoms with E-state index in [0.29, 0.717) is 0 Å². The van der Waals surface area contributed by atoms with Gasteiger partial charge in [-0.15, -0.1) is 0 Å². The molecule has 2 rings (SSSR count). The third-order valence-electron chi connectivity index (χ3n) is 3.33. The van der Waals surface area contributed by atoms with Crippen LogP contribution in [0.1, 0.15) is 25.3 Å². The van der Waals surface area contributed by atoms with Gasteiger partial charge in [0.1, 0.15) is 0 Å². The second kappa shape index (κ2) is 4.53. The first-order valence-corrected chi connectivity index (χ1v) is 5.66. The molecule has 0 fully saturated rings. The SMILES string of the molecule is CC(C(=O)O)C(C)c1cncc2ccccc12. The predicted octanol–water partition coefficient (Wildman–Crippen LogP) is 3.06. The molecular weight excluding hydrogens is 214 g/mol. The van der Waals surface area contributed by atoms with Gasteiger partial charge in [0.15, 0.2) is 0 Å². The Hall–Kier alpha value is -1.90. The zero-order valence-corrected chi connectivity index (χ0v) is 9.92. The van der Waals surface area contributed by atoms with Crippen LogP contribution in [0.15, 0.2) is 36.7 Å². The minimum absolute atomic E-state index is 0.0499. The molecule has 0 aliphatic carbocycles. The number of hydrogen-bond acceptors (Lipinski definition) is 2. The van der Waals surface area contributed by atoms with Crippen LogP contribution in [0.4, 0.5) is 0 Å². The van der Waals surface area contributed by atoms with E-state index >= 15 is 0 Å². The highest BCUT2D eigenvalue weighted by atomic mass is 16.4. The molecule has 17 heavy (non-hydrogen) atoms. The van der Waals surface area contributed by atoms with E-state index in [0.717, 1.165) is 16.3 Å². The molecule has 0 saturated carbocycles. The number of pyridine rings is 1. The number of nitrogens with zero attached hydrogens (tertiary/aromatic N) is 1. The van der Waals surface area contributed by atoms with Crippen molar-refractivity contribution in [1.82, 2.24) is 4.98 Å². The Labute approximate surface area is 100 Å². The second-order valence-electron chi connectivity index (χ2n) is 4.37. The molecule has 2 atom stereocenters. The molecule has 1 aromatic carbocycles. The van der Waals surface area contributed by atoms with Gasteiger partial charge in [-0.1, -0.05) is 38.1 Å². The Morgan fingerprint density at radius 3 is 2.65 bits per heavy atom. The van der Waals surface area contributed by atoms with Gasteiger partial charge in [-0.2, -0.15) is 0 Å². The number of hydrogen-bond donors (Lipinski definition) is 1. The standard InChI is InChI=1S/C14H15NO2/c1-9(10(2)14(16)17)13-8-15-7-11-5-3-4-6-12(11)13/h3-10H,1-2H3,(H,16,17). The Morgan fingerprint density at radius 1 is 1.24 bits per heavy atom. The van der Waals surface area contributed by atoms with Crippen LogP contribution in [0.5, 0.6) is 0 Å². The molecule has 1 N–H and O–H groups in total. The highest BCUT2D eigenvalue weighted by Crippen LogP contribution is 2.29. The molecule has 2 unspecified atom stereocenters. The van der Waals surface area contributed by atoms with Crippen molar-refractivity contribution in [2.45, 2.75) is 19.8 Å². The average molecular weight is 229 g/mol. The van der Waals surface area contributed by atoms with Gasteiger partial charge < -0.3 is 5.11 Å². The summed E-state index contributed by atoms with van der Waals surface area (Å²) in [6.45, 7) is 3.66. The highest BCUT2D eigenvalue weighted by Gasteiger charge is 2.22. The molecule has 88 valence electrons. The molecule has 0 bridgehead atoms. The first kappa shape index (κ1) is 11.6. The summed E-state index contributed by atoms with van der Waals surface area (Å²) in [5.41, 5.74) is 0.998. The van der Waals surface area contributed by atoms with Crippen LogP contribution in [0.25, 0.3) is 10.8 Å². The third-order valence-corrected chi connectivity index (χ3v) is 3.33. The molecule has 1 heterocycles. The Balaban J connectivity index is 2.52. The van der Waals surface area contributed by atoms with Crippen LogP contribution < -0.4 is 0 Å². The fraction of sp³-hybridized carbons (Fsp3) is 0.286. The predicted molar refractivity (Wildman–Crippen MR) is 67.0 cm³/mol. The normalized spacial score (nSPS) is 14.5. The molecule has 0 aliphatic heterocycles. The Kier molecular flexibility index (Phi) is 3.09. The summed E-state index contributed by atoms with van der Waals surface area (Å²) in [6, 6.07) is 7.92. The van der Waals surface area contributed by atoms with Gasteiger partial charge in [-0.3, -0.25) is 9.78 Å². The molecular formula is C14H15NO2. The molecule has 0 saturated heterocycles. The molecule has 3 nitrogen and oxygen atoms in total. The number of aliphatic carboxylic acids is 1. The number of aromatic nitrogens is 1. The van der Waals surface area contributed by atoms with E-state index in [1.807, 2.05) is 31.2 Å². The van der Waals surface area contributed by atoms with Gasteiger partial charge in [-0.05, 0) is 16.9 Å². The van der Waals surface area contributed by atoms with Crippen LogP contribution >= 0.6 is 0 Å². The third kappa shape index (κ3) is 2.13. The minimum atomic E-state index is -0.773. The summed E-state index contributed by atoms with van der Waals surface area (Å²) in [7, 11) is 0. The summed E-state index contributed by atoms with van der Waals surface area (Å²) in [5.74, 6) is -1.24. The number of carboxylic acid groups (broad SMARTS) is 1. The second-order valence-corrected chi connectivity index (χ2v) is 4.37. The number of carboxylic acids is 1. The van der Waals surface area contributed by atoms with Gasteiger partial charge in [-0.25, -0.2) is 0 Å². The maximum Gasteiger partial charge on any atom is 0.306 e. The maximum atomic E-state index is 11.0. The quantitative estimate of drug-likeness (QED) is 0.880. The number of fused-ring (bicyclic) bond motifs is 1. The Bertz CT molecular complexity index is 545. The van der Waals surface area contributed by atoms with Crippen molar-refractivity contribution in [1.29, 1.82) is 0 Å². The van der Waals surface area contributed by atoms with Crippen LogP contribution in [-0.4, -0.2) is 16.1 Å². The van der Waals surface area contributed by atoms with Gasteiger partial charge in [0.25, 0.3) is 0 Å². The van der Waals surface area contributed by atoms with Gasteiger partial charge >= 0.3 is 5.97 Å². The van der Waals surface area contributed by atoms with E-state index < -0.39 is 11.9 Å². The zero-order chi connectivity index (χ0) is 12.4. The number of benzene rings is 1. The smallest absolute Gasteiger partial charge is 0.306 e. The lowest BCUT2D eigenvalue weighted by Crippen LogP contribution is -2.17. The zero-order valence-electron chi connectivity index (χ0n) is 9.92. The van der Waals surface area contributed by atoms with Crippen LogP contribution in [0.3, 0.4) is 0 Å². The summed E-state index contributed by atoms with van der Waals surface area (Å²) >= 11 is 0. The number of rotatable bonds is 3. The topological polar surface area (TPSA) is 50.2 Å². The van der Waals surface area contributed by atoms with Crippen molar-refractivity contribution in [2.75, 3.05) is 0 Å². The van der Waals surface area contributed by atoms with E-state index in [2.05, 4.69) is 4.98 Å². The van der Waals surface area contributed by atoms with Crippen molar-refractivity contribution in [3.8, 4) is 0 Å². The van der Waals surface area contributed by atoms with E-state index in [9.17, 15) is 4.79 Å². The van der Waals surface area contributed by atoms with E-state index in [1.54, 1.807) is 19.3 Å². The van der Waals surface area contributed by atoms with Crippen molar-refractivity contribution in [3.05, 3.63) is 42.2 Å². The monoisotopic (exact) mass is 229 g/mol. The first-order valence-electron chi connectivity index (χ1n) is 5.66. The highest BCUT2D eigenvalue weighted by molar-refractivity contribution is 5.85. The summed E-state index contributed by atoms with van der Waals surface area (Å²) in [6.07, 6.45) is 3.57. The van der Waals surface area contributed by atoms with E-state index in [-0.39, 0.29) is 5.92 Å². The minimum Gasteiger partial charge on any atom is -0.481 e. The van der Waals surface area contributed by atoms with Crippen molar-refractivity contribution >= 4 is 16.7 Å². The van der Waals surface area contributed by atoms with Crippen molar-refractivity contribution < 1.29 is 9.90 Å². The first-order chi connectivity index (χ1) is 8.11. The van der Waals surface area contributed by atoms with E-state index in [1.165, 1.54) is 0 Å². The van der Waals surface area contributed by atoms with Crippen LogP contribution in [0.2, 0.25) is 0 Å². The molecule has 1 aromatic heterocycles. The summed E-state index contributed by atoms with van der Waals surface area (Å²) in [4.78, 5) is 15.2. The van der Waals surface area contributed by atoms with Crippen molar-refractivity contribution in [3.63, 3.8) is 0 Å². The molecule has 0 amide bonds. The maximum absolute atomic E-state index is 11.0. The van der Waals surface area contributed by atoms with Crippen LogP contribution in [0, 0.1) is 5.92 Å². The lowest BCUT2D eigenvalue weighted by molar-refractivity contribution is -0.141. The molecule has 2 aromatic rings. The summed E-state index contributed by atoms with van der Waals surface area (Å²) < 4.78 is 0. The molecule has 0 radical (unpaired) electrons. The van der Waals surface area contributed by atoms with Gasteiger partial charge in [0.05, 0.1) is 5.92 Å². The molecule has 3 heteroatoms. The average Bonchev–Trinajstić information content (AvgIpc) is 2.36. The fourth-order valence-electron chi connectivity index (χ4n) is 1.99. The summed E-state index contributed by atoms with van der Waals surface area (Å²) in [5, 5.41) is 11.2. The molecule has 0 spiro atoms.